The molecule has 1 N–H and O–H groups in total. The number of nitrogens with zero attached hydrogens (tertiary/aromatic N) is 3. The molecule has 19 heavy (non-hydrogen) atoms. The predicted octanol–water partition coefficient (Wildman–Crippen LogP) is 2.80. The van der Waals surface area contributed by atoms with Crippen molar-refractivity contribution >= 4 is 17.7 Å². The van der Waals surface area contributed by atoms with Crippen LogP contribution in [0.3, 0.4) is 0 Å². The van der Waals surface area contributed by atoms with Crippen LogP contribution in [0, 0.1) is 5.92 Å². The Bertz CT molecular complexity index is 441. The summed E-state index contributed by atoms with van der Waals surface area (Å²) in [4.78, 5) is 10.7. The average molecular weight is 285 g/mol. The van der Waals surface area contributed by atoms with Gasteiger partial charge in [0.25, 0.3) is 0 Å². The van der Waals surface area contributed by atoms with Crippen LogP contribution >= 0.6 is 11.8 Å². The normalized spacial score (nSPS) is 12.1. The molecule has 0 radical (unpaired) electrons. The molecule has 0 saturated carbocycles. The quantitative estimate of drug-likeness (QED) is 0.780. The van der Waals surface area contributed by atoms with Crippen LogP contribution in [0.1, 0.15) is 46.9 Å². The van der Waals surface area contributed by atoms with E-state index in [1.807, 2.05) is 0 Å². The van der Waals surface area contributed by atoms with Crippen LogP contribution in [-0.4, -0.2) is 31.6 Å². The van der Waals surface area contributed by atoms with Gasteiger partial charge in [-0.2, -0.15) is 0 Å². The highest BCUT2D eigenvalue weighted by atomic mass is 32.2. The zero-order chi connectivity index (χ0) is 14.6. The van der Waals surface area contributed by atoms with Crippen molar-refractivity contribution in [3.63, 3.8) is 0 Å². The topological polar surface area (TPSA) is 68.0 Å². The average Bonchev–Trinajstić information content (AvgIpc) is 2.69. The molecule has 0 atom stereocenters. The highest BCUT2D eigenvalue weighted by Crippen LogP contribution is 2.29. The van der Waals surface area contributed by atoms with Crippen molar-refractivity contribution < 1.29 is 9.90 Å². The van der Waals surface area contributed by atoms with Crippen molar-refractivity contribution in [1.82, 2.24) is 14.8 Å². The molecule has 5 nitrogen and oxygen atoms in total. The lowest BCUT2D eigenvalue weighted by atomic mass is 9.89. The minimum atomic E-state index is -0.833. The van der Waals surface area contributed by atoms with Gasteiger partial charge in [0.2, 0.25) is 0 Å². The molecule has 0 spiro atoms. The second kappa shape index (κ2) is 6.41. The molecule has 0 bridgehead atoms. The summed E-state index contributed by atoms with van der Waals surface area (Å²) >= 11 is 1.23. The van der Waals surface area contributed by atoms with E-state index in [0.717, 1.165) is 18.8 Å². The fourth-order valence-electron chi connectivity index (χ4n) is 1.71. The monoisotopic (exact) mass is 285 g/mol. The third-order valence-electron chi connectivity index (χ3n) is 3.08. The molecule has 0 amide bonds. The van der Waals surface area contributed by atoms with Crippen molar-refractivity contribution in [2.75, 3.05) is 5.75 Å². The molecule has 0 aliphatic heterocycles. The first-order chi connectivity index (χ1) is 8.77. The fourth-order valence-corrected chi connectivity index (χ4v) is 2.38. The molecule has 1 heterocycles. The lowest BCUT2D eigenvalue weighted by molar-refractivity contribution is -0.133. The molecule has 0 fully saturated rings. The second-order valence-electron chi connectivity index (χ2n) is 5.73. The minimum Gasteiger partial charge on any atom is -0.481 e. The maximum Gasteiger partial charge on any atom is 0.313 e. The first-order valence-electron chi connectivity index (χ1n) is 6.56. The highest BCUT2D eigenvalue weighted by Gasteiger charge is 2.27. The van der Waals surface area contributed by atoms with Gasteiger partial charge in [-0.1, -0.05) is 46.4 Å². The summed E-state index contributed by atoms with van der Waals surface area (Å²) in [5, 5.41) is 17.9. The van der Waals surface area contributed by atoms with E-state index in [9.17, 15) is 4.79 Å². The summed E-state index contributed by atoms with van der Waals surface area (Å²) in [6.45, 7) is 11.5. The van der Waals surface area contributed by atoms with Gasteiger partial charge in [-0.05, 0) is 12.3 Å². The Kier molecular flexibility index (Phi) is 5.40. The van der Waals surface area contributed by atoms with Gasteiger partial charge < -0.3 is 9.67 Å². The number of aromatic nitrogens is 3. The molecule has 0 aliphatic rings. The van der Waals surface area contributed by atoms with Crippen LogP contribution < -0.4 is 0 Å². The second-order valence-corrected chi connectivity index (χ2v) is 6.67. The van der Waals surface area contributed by atoms with Crippen molar-refractivity contribution in [1.29, 1.82) is 0 Å². The zero-order valence-electron chi connectivity index (χ0n) is 12.3. The summed E-state index contributed by atoms with van der Waals surface area (Å²) in [5.74, 6) is 0.589. The summed E-state index contributed by atoms with van der Waals surface area (Å²) in [6.07, 6.45) is 0.965. The van der Waals surface area contributed by atoms with Gasteiger partial charge >= 0.3 is 5.97 Å². The maximum absolute atomic E-state index is 10.7. The van der Waals surface area contributed by atoms with E-state index in [2.05, 4.69) is 49.4 Å². The number of carboxylic acid groups (broad SMARTS) is 1. The molecule has 6 heteroatoms. The van der Waals surface area contributed by atoms with Crippen LogP contribution in [-0.2, 0) is 16.8 Å². The van der Waals surface area contributed by atoms with E-state index in [0.29, 0.717) is 11.1 Å². The Balaban J connectivity index is 3.08. The minimum absolute atomic E-state index is 0.0166. The number of aliphatic carboxylic acids is 1. The van der Waals surface area contributed by atoms with Gasteiger partial charge in [0.1, 0.15) is 5.82 Å². The first kappa shape index (κ1) is 16.0. The van der Waals surface area contributed by atoms with Crippen molar-refractivity contribution in [2.24, 2.45) is 5.92 Å². The molecule has 0 aliphatic carbocycles. The van der Waals surface area contributed by atoms with Gasteiger partial charge in [0, 0.05) is 12.0 Å². The number of rotatable bonds is 7. The van der Waals surface area contributed by atoms with Crippen molar-refractivity contribution in [2.45, 2.75) is 58.2 Å². The van der Waals surface area contributed by atoms with Crippen LogP contribution in [0.5, 0.6) is 0 Å². The third kappa shape index (κ3) is 4.23. The van der Waals surface area contributed by atoms with E-state index >= 15 is 0 Å². The largest absolute Gasteiger partial charge is 0.481 e. The van der Waals surface area contributed by atoms with Crippen molar-refractivity contribution in [3.8, 4) is 0 Å². The lowest BCUT2D eigenvalue weighted by Gasteiger charge is -2.23. The number of hydrogen-bond donors (Lipinski definition) is 1. The smallest absolute Gasteiger partial charge is 0.313 e. The Morgan fingerprint density at radius 1 is 1.42 bits per heavy atom. The van der Waals surface area contributed by atoms with Gasteiger partial charge in [0.15, 0.2) is 5.16 Å². The molecular weight excluding hydrogens is 262 g/mol. The molecule has 1 aromatic rings. The molecular formula is C13H23N3O2S. The van der Waals surface area contributed by atoms with Crippen molar-refractivity contribution in [3.05, 3.63) is 5.82 Å². The summed E-state index contributed by atoms with van der Waals surface area (Å²) in [7, 11) is 0. The molecule has 0 unspecified atom stereocenters. The Morgan fingerprint density at radius 3 is 2.53 bits per heavy atom. The lowest BCUT2D eigenvalue weighted by Crippen LogP contribution is -2.23. The van der Waals surface area contributed by atoms with Crippen LogP contribution in [0.25, 0.3) is 0 Å². The highest BCUT2D eigenvalue weighted by molar-refractivity contribution is 7.99. The Hall–Kier alpha value is -1.04. The van der Waals surface area contributed by atoms with E-state index < -0.39 is 5.97 Å². The van der Waals surface area contributed by atoms with Gasteiger partial charge in [0.05, 0.1) is 5.75 Å². The summed E-state index contributed by atoms with van der Waals surface area (Å²) < 4.78 is 2.07. The Morgan fingerprint density at radius 2 is 2.05 bits per heavy atom. The number of carbonyl (C=O) groups is 1. The number of hydrogen-bond acceptors (Lipinski definition) is 4. The molecule has 0 aromatic carbocycles. The van der Waals surface area contributed by atoms with Crippen LogP contribution in [0.4, 0.5) is 0 Å². The number of thioether (sulfide) groups is 1. The third-order valence-corrected chi connectivity index (χ3v) is 4.03. The maximum atomic E-state index is 10.7. The van der Waals surface area contributed by atoms with Crippen LogP contribution in [0.15, 0.2) is 5.16 Å². The van der Waals surface area contributed by atoms with E-state index in [-0.39, 0.29) is 11.2 Å². The Labute approximate surface area is 118 Å². The van der Waals surface area contributed by atoms with Crippen LogP contribution in [0.2, 0.25) is 0 Å². The number of carboxylic acids is 1. The fraction of sp³-hybridized carbons (Fsp3) is 0.769. The van der Waals surface area contributed by atoms with Gasteiger partial charge in [-0.15, -0.1) is 10.2 Å². The van der Waals surface area contributed by atoms with Gasteiger partial charge in [-0.3, -0.25) is 4.79 Å². The molecule has 1 rings (SSSR count). The molecule has 0 saturated heterocycles. The van der Waals surface area contributed by atoms with E-state index in [1.54, 1.807) is 0 Å². The van der Waals surface area contributed by atoms with E-state index in [4.69, 9.17) is 5.11 Å². The SMILES string of the molecule is CCC(C)(C)c1nnc(SCC(=O)O)n1CC(C)C. The summed E-state index contributed by atoms with van der Waals surface area (Å²) in [6, 6.07) is 0. The predicted molar refractivity (Wildman–Crippen MR) is 76.5 cm³/mol. The van der Waals surface area contributed by atoms with Gasteiger partial charge in [-0.25, -0.2) is 0 Å². The summed E-state index contributed by atoms with van der Waals surface area (Å²) in [5.41, 5.74) is -0.0517. The van der Waals surface area contributed by atoms with E-state index in [1.165, 1.54) is 11.8 Å². The molecule has 108 valence electrons. The zero-order valence-corrected chi connectivity index (χ0v) is 13.1. The molecule has 1 aromatic heterocycles. The standard InChI is InChI=1S/C13H23N3O2S/c1-6-13(4,5)11-14-15-12(19-8-10(17)18)16(11)7-9(2)3/h9H,6-8H2,1-5H3,(H,17,18). The first-order valence-corrected chi connectivity index (χ1v) is 7.54.